The number of imidazole rings is 1. The van der Waals surface area contributed by atoms with Crippen LogP contribution in [0.25, 0.3) is 0 Å². The molecule has 1 aromatic heterocycles. The quantitative estimate of drug-likeness (QED) is 0.681. The van der Waals surface area contributed by atoms with Gasteiger partial charge in [0.05, 0.1) is 12.0 Å². The largest absolute Gasteiger partial charge is 0.319 e. The van der Waals surface area contributed by atoms with E-state index in [1.54, 1.807) is 0 Å². The Morgan fingerprint density at radius 3 is 2.64 bits per heavy atom. The van der Waals surface area contributed by atoms with E-state index < -0.39 is 6.55 Å². The molecule has 1 aliphatic carbocycles. The zero-order valence-electron chi connectivity index (χ0n) is 8.37. The van der Waals surface area contributed by atoms with E-state index in [1.807, 2.05) is 0 Å². The summed E-state index contributed by atoms with van der Waals surface area (Å²) in [5, 5.41) is 0. The second kappa shape index (κ2) is 3.33. The summed E-state index contributed by atoms with van der Waals surface area (Å²) in [5.74, 6) is 1.01. The van der Waals surface area contributed by atoms with E-state index in [4.69, 9.17) is 0 Å². The highest BCUT2D eigenvalue weighted by atomic mass is 19.3. The van der Waals surface area contributed by atoms with E-state index in [-0.39, 0.29) is 0 Å². The Hall–Kier alpha value is -0.930. The first-order valence-corrected chi connectivity index (χ1v) is 4.92. The van der Waals surface area contributed by atoms with Gasteiger partial charge in [0.15, 0.2) is 0 Å². The van der Waals surface area contributed by atoms with E-state index in [1.165, 1.54) is 6.33 Å². The van der Waals surface area contributed by atoms with Crippen LogP contribution in [0.4, 0.5) is 8.78 Å². The van der Waals surface area contributed by atoms with Crippen LogP contribution < -0.4 is 0 Å². The molecule has 1 aliphatic rings. The molecule has 0 spiro atoms. The minimum atomic E-state index is -2.45. The fraction of sp³-hybridized carbons (Fsp3) is 0.700. The molecule has 2 rings (SSSR count). The highest BCUT2D eigenvalue weighted by Crippen LogP contribution is 2.30. The summed E-state index contributed by atoms with van der Waals surface area (Å²) in [4.78, 5) is 4.05. The predicted octanol–water partition coefficient (Wildman–Crippen LogP) is 2.65. The Morgan fingerprint density at radius 2 is 2.00 bits per heavy atom. The Kier molecular flexibility index (Phi) is 2.29. The third kappa shape index (κ3) is 1.42. The lowest BCUT2D eigenvalue weighted by molar-refractivity contribution is 0.0656. The lowest BCUT2D eigenvalue weighted by Crippen LogP contribution is -2.22. The minimum Gasteiger partial charge on any atom is -0.277 e. The van der Waals surface area contributed by atoms with Crippen LogP contribution in [-0.4, -0.2) is 9.55 Å². The summed E-state index contributed by atoms with van der Waals surface area (Å²) in [6.45, 7) is 1.80. The predicted molar refractivity (Wildman–Crippen MR) is 49.2 cm³/mol. The lowest BCUT2D eigenvalue weighted by atomic mass is 9.82. The first-order valence-electron chi connectivity index (χ1n) is 4.92. The number of fused-ring (bicyclic) bond motifs is 1. The third-order valence-corrected chi connectivity index (χ3v) is 3.20. The molecule has 0 fully saturated rings. The van der Waals surface area contributed by atoms with Crippen molar-refractivity contribution >= 4 is 0 Å². The lowest BCUT2D eigenvalue weighted by Gasteiger charge is -2.25. The summed E-state index contributed by atoms with van der Waals surface area (Å²) in [6, 6.07) is 0. The van der Waals surface area contributed by atoms with Crippen LogP contribution in [-0.2, 0) is 12.8 Å². The topological polar surface area (TPSA) is 17.8 Å². The van der Waals surface area contributed by atoms with E-state index in [2.05, 4.69) is 18.8 Å². The maximum atomic E-state index is 12.5. The number of nitrogens with zero attached hydrogens (tertiary/aromatic N) is 2. The summed E-state index contributed by atoms with van der Waals surface area (Å²) in [5.41, 5.74) is 1.58. The monoisotopic (exact) mass is 200 g/mol. The third-order valence-electron chi connectivity index (χ3n) is 3.20. The molecule has 0 saturated carbocycles. The van der Waals surface area contributed by atoms with Gasteiger partial charge in [-0.15, -0.1) is 0 Å². The van der Waals surface area contributed by atoms with Crippen LogP contribution in [0.5, 0.6) is 0 Å². The van der Waals surface area contributed by atoms with Crippen molar-refractivity contribution in [2.24, 2.45) is 11.8 Å². The van der Waals surface area contributed by atoms with Crippen molar-refractivity contribution in [3.63, 3.8) is 0 Å². The number of hydrogen-bond donors (Lipinski definition) is 0. The second-order valence-corrected chi connectivity index (χ2v) is 4.19. The molecule has 0 amide bonds. The maximum absolute atomic E-state index is 12.5. The van der Waals surface area contributed by atoms with Crippen LogP contribution in [0, 0.1) is 11.8 Å². The molecule has 1 heterocycles. The minimum absolute atomic E-state index is 0.469. The van der Waals surface area contributed by atoms with Crippen molar-refractivity contribution in [3.05, 3.63) is 17.7 Å². The molecule has 0 radical (unpaired) electrons. The molecule has 0 N–H and O–H groups in total. The Balaban J connectivity index is 2.35. The van der Waals surface area contributed by atoms with Crippen LogP contribution >= 0.6 is 0 Å². The molecule has 0 saturated heterocycles. The number of alkyl halides is 2. The summed E-state index contributed by atoms with van der Waals surface area (Å²) >= 11 is 0. The SMILES string of the molecule is CC1Cc2ncn(C(F)F)c2CC1C. The first-order chi connectivity index (χ1) is 6.59. The standard InChI is InChI=1S/C10H14F2N2/c1-6-3-8-9(4-7(6)2)14(5-13-8)10(11)12/h5-7,10H,3-4H2,1-2H3. The van der Waals surface area contributed by atoms with Gasteiger partial charge in [0.2, 0.25) is 0 Å². The molecule has 0 aromatic carbocycles. The summed E-state index contributed by atoms with van der Waals surface area (Å²) in [7, 11) is 0. The van der Waals surface area contributed by atoms with E-state index >= 15 is 0 Å². The molecular weight excluding hydrogens is 186 g/mol. The van der Waals surface area contributed by atoms with E-state index in [9.17, 15) is 8.78 Å². The fourth-order valence-corrected chi connectivity index (χ4v) is 2.00. The smallest absolute Gasteiger partial charge is 0.277 e. The Morgan fingerprint density at radius 1 is 1.36 bits per heavy atom. The van der Waals surface area contributed by atoms with Gasteiger partial charge in [-0.3, -0.25) is 4.57 Å². The van der Waals surface area contributed by atoms with Gasteiger partial charge in [-0.2, -0.15) is 8.78 Å². The average molecular weight is 200 g/mol. The highest BCUT2D eigenvalue weighted by molar-refractivity contribution is 5.18. The Bertz CT molecular complexity index is 333. The van der Waals surface area contributed by atoms with Crippen LogP contribution in [0.15, 0.2) is 6.33 Å². The molecule has 2 unspecified atom stereocenters. The molecule has 0 aliphatic heterocycles. The normalized spacial score (nSPS) is 26.6. The van der Waals surface area contributed by atoms with Gasteiger partial charge >= 0.3 is 6.55 Å². The summed E-state index contributed by atoms with van der Waals surface area (Å²) in [6.07, 6.45) is 2.82. The molecule has 0 bridgehead atoms. The van der Waals surface area contributed by atoms with Gasteiger partial charge in [-0.25, -0.2) is 4.98 Å². The van der Waals surface area contributed by atoms with Gasteiger partial charge in [0.1, 0.15) is 0 Å². The van der Waals surface area contributed by atoms with Gasteiger partial charge in [-0.1, -0.05) is 13.8 Å². The van der Waals surface area contributed by atoms with Crippen molar-refractivity contribution < 1.29 is 8.78 Å². The molecule has 14 heavy (non-hydrogen) atoms. The van der Waals surface area contributed by atoms with E-state index in [0.717, 1.165) is 28.8 Å². The molecule has 2 atom stereocenters. The summed E-state index contributed by atoms with van der Waals surface area (Å²) < 4.78 is 26.1. The first kappa shape index (κ1) is 9.62. The van der Waals surface area contributed by atoms with Crippen molar-refractivity contribution in [2.45, 2.75) is 33.2 Å². The molecule has 4 heteroatoms. The highest BCUT2D eigenvalue weighted by Gasteiger charge is 2.27. The molecule has 78 valence electrons. The maximum Gasteiger partial charge on any atom is 0.319 e. The molecular formula is C10H14F2N2. The number of hydrogen-bond acceptors (Lipinski definition) is 1. The average Bonchev–Trinajstić information content (AvgIpc) is 2.48. The number of halogens is 2. The van der Waals surface area contributed by atoms with Crippen molar-refractivity contribution in [2.75, 3.05) is 0 Å². The Labute approximate surface area is 82.0 Å². The number of aromatic nitrogens is 2. The van der Waals surface area contributed by atoms with E-state index in [0.29, 0.717) is 11.8 Å². The van der Waals surface area contributed by atoms with Crippen LogP contribution in [0.3, 0.4) is 0 Å². The van der Waals surface area contributed by atoms with Crippen molar-refractivity contribution in [1.82, 2.24) is 9.55 Å². The van der Waals surface area contributed by atoms with Crippen LogP contribution in [0.1, 0.15) is 31.8 Å². The van der Waals surface area contributed by atoms with Gasteiger partial charge in [-0.05, 0) is 24.7 Å². The fourth-order valence-electron chi connectivity index (χ4n) is 2.00. The van der Waals surface area contributed by atoms with Gasteiger partial charge in [0.25, 0.3) is 0 Å². The molecule has 2 nitrogen and oxygen atoms in total. The van der Waals surface area contributed by atoms with Crippen molar-refractivity contribution in [3.8, 4) is 0 Å². The zero-order valence-corrected chi connectivity index (χ0v) is 8.37. The van der Waals surface area contributed by atoms with Crippen LogP contribution in [0.2, 0.25) is 0 Å². The second-order valence-electron chi connectivity index (χ2n) is 4.19. The zero-order chi connectivity index (χ0) is 10.3. The van der Waals surface area contributed by atoms with Gasteiger partial charge < -0.3 is 0 Å². The van der Waals surface area contributed by atoms with Gasteiger partial charge in [0, 0.05) is 5.69 Å². The number of rotatable bonds is 1. The molecule has 1 aromatic rings. The van der Waals surface area contributed by atoms with Crippen molar-refractivity contribution in [1.29, 1.82) is 0 Å².